The smallest absolute Gasteiger partial charge is 0.326 e. The summed E-state index contributed by atoms with van der Waals surface area (Å²) >= 11 is 0. The van der Waals surface area contributed by atoms with E-state index in [4.69, 9.17) is 9.84 Å². The lowest BCUT2D eigenvalue weighted by Gasteiger charge is -2.13. The van der Waals surface area contributed by atoms with Crippen LogP contribution in [0, 0.1) is 11.8 Å². The van der Waals surface area contributed by atoms with Crippen molar-refractivity contribution in [3.05, 3.63) is 0 Å². The molecule has 0 fully saturated rings. The van der Waals surface area contributed by atoms with Crippen molar-refractivity contribution in [3.63, 3.8) is 0 Å². The van der Waals surface area contributed by atoms with Crippen molar-refractivity contribution in [2.24, 2.45) is 0 Å². The van der Waals surface area contributed by atoms with E-state index >= 15 is 0 Å². The topological polar surface area (TPSA) is 87.7 Å². The fourth-order valence-corrected chi connectivity index (χ4v) is 0.915. The van der Waals surface area contributed by atoms with Crippen molar-refractivity contribution < 1.29 is 19.4 Å². The summed E-state index contributed by atoms with van der Waals surface area (Å²) in [5.41, 5.74) is 0. The highest BCUT2D eigenvalue weighted by atomic mass is 16.5. The fraction of sp³-hybridized carbons (Fsp3) is 0.600. The Morgan fingerprint density at radius 3 is 2.69 bits per heavy atom. The lowest BCUT2D eigenvalue weighted by atomic mass is 10.2. The second-order valence-corrected chi connectivity index (χ2v) is 2.93. The zero-order chi connectivity index (χ0) is 12.4. The van der Waals surface area contributed by atoms with Crippen LogP contribution in [0.25, 0.3) is 0 Å². The van der Waals surface area contributed by atoms with Crippen LogP contribution >= 0.6 is 0 Å². The second kappa shape index (κ2) is 8.56. The summed E-state index contributed by atoms with van der Waals surface area (Å²) < 4.78 is 4.75. The first-order valence-electron chi connectivity index (χ1n) is 4.77. The summed E-state index contributed by atoms with van der Waals surface area (Å²) in [5, 5.41) is 13.5. The van der Waals surface area contributed by atoms with Gasteiger partial charge in [-0.1, -0.05) is 5.92 Å². The molecule has 3 N–H and O–H groups in total. The standard InChI is InChI=1S/C10H16N2O4/c1-3-4-6-11-10(15)12-8(9(13)14)5-7-16-2/h8H,5-7H2,1-2H3,(H,13,14)(H2,11,12,15). The molecule has 1 atom stereocenters. The van der Waals surface area contributed by atoms with E-state index in [2.05, 4.69) is 22.5 Å². The molecule has 2 amide bonds. The summed E-state index contributed by atoms with van der Waals surface area (Å²) in [6, 6.07) is -1.50. The first-order chi connectivity index (χ1) is 7.61. The van der Waals surface area contributed by atoms with Crippen LogP contribution in [-0.2, 0) is 9.53 Å². The first kappa shape index (κ1) is 14.3. The number of urea groups is 1. The van der Waals surface area contributed by atoms with Gasteiger partial charge >= 0.3 is 12.0 Å². The number of nitrogens with one attached hydrogen (secondary N) is 2. The lowest BCUT2D eigenvalue weighted by molar-refractivity contribution is -0.139. The minimum absolute atomic E-state index is 0.193. The molecule has 90 valence electrons. The van der Waals surface area contributed by atoms with E-state index in [0.717, 1.165) is 0 Å². The molecule has 0 radical (unpaired) electrons. The van der Waals surface area contributed by atoms with E-state index in [0.29, 0.717) is 0 Å². The molecule has 0 aromatic carbocycles. The highest BCUT2D eigenvalue weighted by Crippen LogP contribution is 1.92. The number of methoxy groups -OCH3 is 1. The third-order valence-electron chi connectivity index (χ3n) is 1.73. The molecule has 0 saturated heterocycles. The Hall–Kier alpha value is -1.74. The number of carbonyl (C=O) groups excluding carboxylic acids is 1. The van der Waals surface area contributed by atoms with Crippen LogP contribution in [-0.4, -0.2) is 43.4 Å². The molecule has 0 aromatic rings. The predicted octanol–water partition coefficient (Wildman–Crippen LogP) is -0.201. The number of hydrogen-bond donors (Lipinski definition) is 3. The van der Waals surface area contributed by atoms with Crippen LogP contribution in [0.2, 0.25) is 0 Å². The Bertz CT molecular complexity index is 293. The maximum absolute atomic E-state index is 11.2. The predicted molar refractivity (Wildman–Crippen MR) is 57.9 cm³/mol. The Morgan fingerprint density at radius 1 is 1.50 bits per heavy atom. The second-order valence-electron chi connectivity index (χ2n) is 2.93. The Morgan fingerprint density at radius 2 is 2.19 bits per heavy atom. The fourth-order valence-electron chi connectivity index (χ4n) is 0.915. The van der Waals surface area contributed by atoms with E-state index < -0.39 is 18.0 Å². The summed E-state index contributed by atoms with van der Waals surface area (Å²) in [7, 11) is 1.47. The molecular formula is C10H16N2O4. The summed E-state index contributed by atoms with van der Waals surface area (Å²) in [5.74, 6) is 4.15. The molecule has 0 heterocycles. The number of aliphatic carboxylic acids is 1. The van der Waals surface area contributed by atoms with Gasteiger partial charge in [0, 0.05) is 20.1 Å². The molecule has 1 unspecified atom stereocenters. The zero-order valence-electron chi connectivity index (χ0n) is 9.37. The molecule has 0 aliphatic heterocycles. The van der Waals surface area contributed by atoms with Crippen molar-refractivity contribution in [2.45, 2.75) is 19.4 Å². The molecule has 0 rings (SSSR count). The quantitative estimate of drug-likeness (QED) is 0.549. The Balaban J connectivity index is 4.01. The summed E-state index contributed by atoms with van der Waals surface area (Å²) in [6.07, 6.45) is 0.221. The van der Waals surface area contributed by atoms with Crippen LogP contribution in [0.1, 0.15) is 13.3 Å². The van der Waals surface area contributed by atoms with Crippen molar-refractivity contribution >= 4 is 12.0 Å². The molecule has 0 aliphatic rings. The minimum Gasteiger partial charge on any atom is -0.480 e. The van der Waals surface area contributed by atoms with Gasteiger partial charge in [-0.2, -0.15) is 0 Å². The van der Waals surface area contributed by atoms with Gasteiger partial charge in [0.1, 0.15) is 6.04 Å². The van der Waals surface area contributed by atoms with Gasteiger partial charge in [-0.15, -0.1) is 5.92 Å². The monoisotopic (exact) mass is 228 g/mol. The van der Waals surface area contributed by atoms with Crippen LogP contribution < -0.4 is 10.6 Å². The summed E-state index contributed by atoms with van der Waals surface area (Å²) in [6.45, 7) is 2.11. The highest BCUT2D eigenvalue weighted by molar-refractivity contribution is 5.82. The molecule has 16 heavy (non-hydrogen) atoms. The number of carboxylic acids is 1. The van der Waals surface area contributed by atoms with Gasteiger partial charge in [-0.05, 0) is 6.92 Å². The molecule has 0 aromatic heterocycles. The van der Waals surface area contributed by atoms with Crippen molar-refractivity contribution in [3.8, 4) is 11.8 Å². The maximum Gasteiger partial charge on any atom is 0.326 e. The van der Waals surface area contributed by atoms with Crippen LogP contribution in [0.3, 0.4) is 0 Å². The average molecular weight is 228 g/mol. The van der Waals surface area contributed by atoms with Gasteiger partial charge in [-0.25, -0.2) is 9.59 Å². The summed E-state index contributed by atoms with van der Waals surface area (Å²) in [4.78, 5) is 21.9. The van der Waals surface area contributed by atoms with Gasteiger partial charge in [-0.3, -0.25) is 0 Å². The molecule has 6 heteroatoms. The molecule has 0 saturated carbocycles. The number of ether oxygens (including phenoxy) is 1. The Kier molecular flexibility index (Phi) is 7.63. The van der Waals surface area contributed by atoms with Crippen LogP contribution in [0.4, 0.5) is 4.79 Å². The van der Waals surface area contributed by atoms with Gasteiger partial charge in [0.2, 0.25) is 0 Å². The largest absolute Gasteiger partial charge is 0.480 e. The highest BCUT2D eigenvalue weighted by Gasteiger charge is 2.18. The number of carboxylic acid groups (broad SMARTS) is 1. The van der Waals surface area contributed by atoms with Crippen LogP contribution in [0.5, 0.6) is 0 Å². The lowest BCUT2D eigenvalue weighted by Crippen LogP contribution is -2.46. The number of amides is 2. The van der Waals surface area contributed by atoms with Crippen molar-refractivity contribution in [2.75, 3.05) is 20.3 Å². The molecule has 0 bridgehead atoms. The van der Waals surface area contributed by atoms with Gasteiger partial charge in [0.15, 0.2) is 0 Å². The minimum atomic E-state index is -1.09. The van der Waals surface area contributed by atoms with Crippen molar-refractivity contribution in [1.82, 2.24) is 10.6 Å². The number of hydrogen-bond acceptors (Lipinski definition) is 3. The average Bonchev–Trinajstić information content (AvgIpc) is 2.24. The number of rotatable bonds is 6. The van der Waals surface area contributed by atoms with Crippen molar-refractivity contribution in [1.29, 1.82) is 0 Å². The first-order valence-corrected chi connectivity index (χ1v) is 4.77. The van der Waals surface area contributed by atoms with Gasteiger partial charge in [0.25, 0.3) is 0 Å². The van der Waals surface area contributed by atoms with E-state index in [1.54, 1.807) is 6.92 Å². The molecular weight excluding hydrogens is 212 g/mol. The third kappa shape index (κ3) is 6.68. The van der Waals surface area contributed by atoms with Gasteiger partial charge in [0.05, 0.1) is 6.54 Å². The van der Waals surface area contributed by atoms with Gasteiger partial charge < -0.3 is 20.5 Å². The normalized spacial score (nSPS) is 10.9. The molecule has 0 aliphatic carbocycles. The number of carbonyl (C=O) groups is 2. The van der Waals surface area contributed by atoms with E-state index in [9.17, 15) is 9.59 Å². The van der Waals surface area contributed by atoms with E-state index in [1.165, 1.54) is 7.11 Å². The zero-order valence-corrected chi connectivity index (χ0v) is 9.37. The van der Waals surface area contributed by atoms with Crippen LogP contribution in [0.15, 0.2) is 0 Å². The van der Waals surface area contributed by atoms with E-state index in [1.807, 2.05) is 0 Å². The Labute approximate surface area is 94.4 Å². The molecule has 6 nitrogen and oxygen atoms in total. The van der Waals surface area contributed by atoms with E-state index in [-0.39, 0.29) is 19.6 Å². The SMILES string of the molecule is CC#CCNC(=O)NC(CCOC)C(=O)O. The third-order valence-corrected chi connectivity index (χ3v) is 1.73. The molecule has 0 spiro atoms. The maximum atomic E-state index is 11.2.